The van der Waals surface area contributed by atoms with Gasteiger partial charge in [-0.05, 0) is 53.3 Å². The van der Waals surface area contributed by atoms with E-state index in [-0.39, 0.29) is 23.2 Å². The average molecular weight is 423 g/mol. The van der Waals surface area contributed by atoms with Crippen molar-refractivity contribution in [2.24, 2.45) is 0 Å². The summed E-state index contributed by atoms with van der Waals surface area (Å²) < 4.78 is 5.75. The van der Waals surface area contributed by atoms with Crippen LogP contribution in [0.4, 0.5) is 0 Å². The Bertz CT molecular complexity index is 1120. The van der Waals surface area contributed by atoms with Crippen molar-refractivity contribution in [1.29, 1.82) is 0 Å². The van der Waals surface area contributed by atoms with E-state index in [0.717, 1.165) is 30.3 Å². The second-order valence-corrected chi connectivity index (χ2v) is 9.68. The van der Waals surface area contributed by atoms with E-state index < -0.39 is 0 Å². The summed E-state index contributed by atoms with van der Waals surface area (Å²) in [5.41, 5.74) is 3.62. The summed E-state index contributed by atoms with van der Waals surface area (Å²) in [7, 11) is 9.24. The van der Waals surface area contributed by atoms with E-state index in [9.17, 15) is 4.79 Å². The van der Waals surface area contributed by atoms with E-state index in [1.807, 2.05) is 30.3 Å². The van der Waals surface area contributed by atoms with Crippen LogP contribution in [0.1, 0.15) is 17.5 Å². The Balaban J connectivity index is 1.30. The van der Waals surface area contributed by atoms with Crippen LogP contribution in [0.5, 0.6) is 5.75 Å². The first-order valence-corrected chi connectivity index (χ1v) is 11.4. The zero-order valence-corrected chi connectivity index (χ0v) is 19.5. The highest BCUT2D eigenvalue weighted by Crippen LogP contribution is 2.36. The van der Waals surface area contributed by atoms with Crippen LogP contribution in [0.15, 0.2) is 60.8 Å². The van der Waals surface area contributed by atoms with Gasteiger partial charge in [-0.1, -0.05) is 42.5 Å². The Morgan fingerprint density at radius 2 is 1.84 bits per heavy atom. The summed E-state index contributed by atoms with van der Waals surface area (Å²) in [4.78, 5) is 19.3. The Morgan fingerprint density at radius 1 is 1.06 bits per heavy atom. The molecule has 2 heterocycles. The summed E-state index contributed by atoms with van der Waals surface area (Å²) in [6, 6.07) is 18.4. The largest absolute Gasteiger partial charge is 0.481 e. The fourth-order valence-electron chi connectivity index (χ4n) is 5.17. The van der Waals surface area contributed by atoms with Crippen molar-refractivity contribution in [2.45, 2.75) is 23.5 Å². The zero-order valence-electron chi connectivity index (χ0n) is 19.5. The van der Waals surface area contributed by atoms with Crippen LogP contribution in [0.25, 0.3) is 10.9 Å². The minimum Gasteiger partial charge on any atom is -0.481 e. The van der Waals surface area contributed by atoms with Gasteiger partial charge in [0, 0.05) is 18.1 Å². The van der Waals surface area contributed by atoms with Crippen molar-refractivity contribution < 1.29 is 9.53 Å². The molecule has 0 aliphatic carbocycles. The highest BCUT2D eigenvalue weighted by atomic mass is 16.5. The molecule has 9 heteroatoms. The number of nitrogens with zero attached hydrogens (tertiary/aromatic N) is 2. The molecule has 3 aromatic rings. The van der Waals surface area contributed by atoms with Crippen molar-refractivity contribution in [1.82, 2.24) is 15.2 Å². The fraction of sp³-hybridized carbons (Fsp3) is 0.304. The molecule has 1 aromatic heterocycles. The van der Waals surface area contributed by atoms with E-state index in [4.69, 9.17) is 4.74 Å². The van der Waals surface area contributed by atoms with Crippen LogP contribution >= 0.6 is 0 Å². The molecule has 1 aliphatic rings. The minimum absolute atomic E-state index is 0.0102. The number of amides is 1. The smallest absolute Gasteiger partial charge is 0.257 e. The molecule has 160 valence electrons. The third-order valence-electron chi connectivity index (χ3n) is 6.54. The Labute approximate surface area is 193 Å². The lowest BCUT2D eigenvalue weighted by molar-refractivity contribution is -0.123. The normalized spacial score (nSPS) is 16.9. The van der Waals surface area contributed by atoms with Crippen molar-refractivity contribution in [3.63, 3.8) is 0 Å². The molecule has 4 rings (SSSR count). The number of fused-ring (bicyclic) bond motifs is 2. The number of para-hydroxylation sites is 1. The third kappa shape index (κ3) is 4.58. The van der Waals surface area contributed by atoms with Gasteiger partial charge in [0.15, 0.2) is 6.61 Å². The minimum atomic E-state index is -0.111. The number of aromatic nitrogens is 1. The maximum Gasteiger partial charge on any atom is 0.257 e. The number of benzene rings is 2. The Morgan fingerprint density at radius 3 is 2.69 bits per heavy atom. The van der Waals surface area contributed by atoms with Gasteiger partial charge in [-0.25, -0.2) is 0 Å². The molecule has 0 unspecified atom stereocenters. The summed E-state index contributed by atoms with van der Waals surface area (Å²) in [5, 5.41) is 4.02. The van der Waals surface area contributed by atoms with E-state index in [2.05, 4.69) is 70.9 Å². The lowest BCUT2D eigenvalue weighted by Crippen LogP contribution is -2.65. The molecule has 0 bridgehead atoms. The maximum atomic E-state index is 12.4. The zero-order chi connectivity index (χ0) is 22.8. The standard InChI is InChI=1S/C23H29B4N3O2/c24-22(25)14-17-6-1-2-9-18(17)23(26,27)30(22)13-5-12-28-20(31)15-32-19-10-3-7-16-8-4-11-29-21(16)19/h1-4,6-11H,5,12-15,24-27H2,(H,28,31). The van der Waals surface area contributed by atoms with Crippen LogP contribution in [0.2, 0.25) is 0 Å². The number of carbonyl (C=O) groups is 1. The fourth-order valence-corrected chi connectivity index (χ4v) is 5.17. The molecule has 32 heavy (non-hydrogen) atoms. The highest BCUT2D eigenvalue weighted by Gasteiger charge is 2.42. The quantitative estimate of drug-likeness (QED) is 0.391. The number of ether oxygens (including phenoxy) is 1. The molecule has 0 saturated carbocycles. The van der Waals surface area contributed by atoms with Gasteiger partial charge in [-0.15, -0.1) is 0 Å². The monoisotopic (exact) mass is 423 g/mol. The molecule has 1 aliphatic heterocycles. The number of nitrogens with one attached hydrogen (secondary N) is 1. The maximum absolute atomic E-state index is 12.4. The number of rotatable bonds is 7. The lowest BCUT2D eigenvalue weighted by Gasteiger charge is -2.55. The molecule has 0 spiro atoms. The number of carbonyl (C=O) groups excluding carboxylic acids is 1. The van der Waals surface area contributed by atoms with E-state index in [0.29, 0.717) is 12.3 Å². The van der Waals surface area contributed by atoms with Crippen LogP contribution < -0.4 is 10.1 Å². The first-order valence-electron chi connectivity index (χ1n) is 11.4. The summed E-state index contributed by atoms with van der Waals surface area (Å²) >= 11 is 0. The lowest BCUT2D eigenvalue weighted by atomic mass is 9.45. The van der Waals surface area contributed by atoms with E-state index in [1.54, 1.807) is 6.20 Å². The van der Waals surface area contributed by atoms with Crippen molar-refractivity contribution in [3.05, 3.63) is 71.9 Å². The van der Waals surface area contributed by atoms with E-state index in [1.165, 1.54) is 11.1 Å². The summed E-state index contributed by atoms with van der Waals surface area (Å²) in [5.74, 6) is 0.522. The first kappa shape index (κ1) is 22.5. The number of pyridine rings is 1. The second-order valence-electron chi connectivity index (χ2n) is 9.68. The SMILES string of the molecule is BC1(B)Cc2ccccc2C(B)(B)N1CCCNC(=O)COc1cccc2cccnc12. The Kier molecular flexibility index (Phi) is 6.38. The van der Waals surface area contributed by atoms with Crippen molar-refractivity contribution in [2.75, 3.05) is 19.7 Å². The predicted molar refractivity (Wildman–Crippen MR) is 140 cm³/mol. The molecule has 0 saturated heterocycles. The molecule has 0 fully saturated rings. The van der Waals surface area contributed by atoms with Gasteiger partial charge in [0.25, 0.3) is 5.91 Å². The number of hydrogen-bond donors (Lipinski definition) is 1. The van der Waals surface area contributed by atoms with Crippen LogP contribution in [0.3, 0.4) is 0 Å². The van der Waals surface area contributed by atoms with Gasteiger partial charge in [-0.3, -0.25) is 9.78 Å². The van der Waals surface area contributed by atoms with Crippen molar-refractivity contribution >= 4 is 48.2 Å². The molecule has 0 atom stereocenters. The molecule has 2 aromatic carbocycles. The van der Waals surface area contributed by atoms with Gasteiger partial charge in [-0.2, -0.15) is 0 Å². The molecule has 5 nitrogen and oxygen atoms in total. The molecule has 1 amide bonds. The first-order chi connectivity index (χ1) is 15.3. The second kappa shape index (κ2) is 9.07. The van der Waals surface area contributed by atoms with Crippen molar-refractivity contribution in [3.8, 4) is 5.75 Å². The van der Waals surface area contributed by atoms with Gasteiger partial charge >= 0.3 is 0 Å². The Hall–Kier alpha value is -2.66. The molecular formula is C23H29B4N3O2. The third-order valence-corrected chi connectivity index (χ3v) is 6.54. The molecule has 0 radical (unpaired) electrons. The van der Waals surface area contributed by atoms with Gasteiger partial charge in [0.2, 0.25) is 0 Å². The van der Waals surface area contributed by atoms with E-state index >= 15 is 0 Å². The van der Waals surface area contributed by atoms with Gasteiger partial charge < -0.3 is 15.0 Å². The topological polar surface area (TPSA) is 54.5 Å². The van der Waals surface area contributed by atoms with Crippen LogP contribution in [-0.2, 0) is 16.6 Å². The van der Waals surface area contributed by atoms with Crippen LogP contribution in [0, 0.1) is 0 Å². The highest BCUT2D eigenvalue weighted by molar-refractivity contribution is 6.44. The molecular weight excluding hydrogens is 394 g/mol. The van der Waals surface area contributed by atoms with Crippen LogP contribution in [-0.4, -0.2) is 72.2 Å². The van der Waals surface area contributed by atoms with Gasteiger partial charge in [0.05, 0.1) is 0 Å². The summed E-state index contributed by atoms with van der Waals surface area (Å²) in [6.07, 6.45) is 3.65. The molecule has 1 N–H and O–H groups in total. The predicted octanol–water partition coefficient (Wildman–Crippen LogP) is -1.03. The summed E-state index contributed by atoms with van der Waals surface area (Å²) in [6.45, 7) is 1.53. The average Bonchev–Trinajstić information content (AvgIpc) is 2.76. The van der Waals surface area contributed by atoms with Gasteiger partial charge in [0.1, 0.15) is 42.7 Å². The number of hydrogen-bond acceptors (Lipinski definition) is 4.